The Morgan fingerprint density at radius 3 is 2.61 bits per heavy atom. The van der Waals surface area contributed by atoms with Crippen molar-refractivity contribution in [3.63, 3.8) is 0 Å². The van der Waals surface area contributed by atoms with Crippen molar-refractivity contribution in [3.8, 4) is 0 Å². The summed E-state index contributed by atoms with van der Waals surface area (Å²) >= 11 is 0. The molecule has 0 bridgehead atoms. The van der Waals surface area contributed by atoms with Crippen LogP contribution in [0, 0.1) is 0 Å². The predicted octanol–water partition coefficient (Wildman–Crippen LogP) is 1.61. The Hall–Kier alpha value is -2.14. The number of hydrogen-bond donors (Lipinski definition) is 2. The Kier molecular flexibility index (Phi) is 5.07. The molecule has 1 amide bonds. The molecular formula is C12H13ClN4O. The minimum Gasteiger partial charge on any atom is -0.365 e. The summed E-state index contributed by atoms with van der Waals surface area (Å²) in [6.07, 6.45) is 5.04. The number of rotatable bonds is 4. The fraction of sp³-hybridized carbons (Fsp3) is 0.0833. The highest BCUT2D eigenvalue weighted by molar-refractivity contribution is 5.97. The monoisotopic (exact) mass is 264 g/mol. The zero-order valence-corrected chi connectivity index (χ0v) is 10.4. The second-order valence-electron chi connectivity index (χ2n) is 3.47. The van der Waals surface area contributed by atoms with Crippen molar-refractivity contribution in [1.82, 2.24) is 9.97 Å². The van der Waals surface area contributed by atoms with Gasteiger partial charge in [0.15, 0.2) is 0 Å². The summed E-state index contributed by atoms with van der Waals surface area (Å²) in [6.45, 7) is 0.569. The molecular weight excluding hydrogens is 252 g/mol. The molecule has 5 nitrogen and oxygen atoms in total. The van der Waals surface area contributed by atoms with Crippen LogP contribution in [0.1, 0.15) is 15.9 Å². The Balaban J connectivity index is 0.00000162. The van der Waals surface area contributed by atoms with E-state index in [1.54, 1.807) is 30.7 Å². The number of hydrogen-bond acceptors (Lipinski definition) is 4. The Morgan fingerprint density at radius 2 is 1.94 bits per heavy atom. The summed E-state index contributed by atoms with van der Waals surface area (Å²) in [6, 6.07) is 7.10. The van der Waals surface area contributed by atoms with Crippen LogP contribution in [-0.2, 0) is 6.54 Å². The van der Waals surface area contributed by atoms with E-state index in [9.17, 15) is 4.79 Å². The lowest BCUT2D eigenvalue weighted by atomic mass is 10.2. The van der Waals surface area contributed by atoms with Crippen molar-refractivity contribution in [2.24, 2.45) is 5.73 Å². The van der Waals surface area contributed by atoms with Gasteiger partial charge in [0.2, 0.25) is 0 Å². The van der Waals surface area contributed by atoms with Gasteiger partial charge in [-0.15, -0.1) is 12.4 Å². The van der Waals surface area contributed by atoms with E-state index in [2.05, 4.69) is 15.3 Å². The third kappa shape index (κ3) is 3.43. The Morgan fingerprint density at radius 1 is 1.22 bits per heavy atom. The molecule has 3 N–H and O–H groups in total. The standard InChI is InChI=1S/C12H12N4O.ClH/c13-11(17)10-2-1-5-15-12(10)16-8-9-3-6-14-7-4-9;/h1-7H,8H2,(H2,13,17)(H,15,16);1H. The van der Waals surface area contributed by atoms with Crippen molar-refractivity contribution in [3.05, 3.63) is 54.0 Å². The maximum absolute atomic E-state index is 11.2. The molecule has 18 heavy (non-hydrogen) atoms. The number of amides is 1. The van der Waals surface area contributed by atoms with Gasteiger partial charge in [0.1, 0.15) is 5.82 Å². The molecule has 0 saturated carbocycles. The number of carbonyl (C=O) groups is 1. The highest BCUT2D eigenvalue weighted by Crippen LogP contribution is 2.11. The van der Waals surface area contributed by atoms with E-state index in [1.807, 2.05) is 12.1 Å². The topological polar surface area (TPSA) is 80.9 Å². The molecule has 2 heterocycles. The number of pyridine rings is 2. The number of nitrogens with two attached hydrogens (primary N) is 1. The molecule has 0 aromatic carbocycles. The first kappa shape index (κ1) is 13.9. The summed E-state index contributed by atoms with van der Waals surface area (Å²) in [5.74, 6) is 0.00661. The minimum atomic E-state index is -0.490. The van der Waals surface area contributed by atoms with Crippen LogP contribution in [0.3, 0.4) is 0 Å². The van der Waals surface area contributed by atoms with E-state index < -0.39 is 5.91 Å². The van der Waals surface area contributed by atoms with Crippen molar-refractivity contribution < 1.29 is 4.79 Å². The summed E-state index contributed by atoms with van der Waals surface area (Å²) < 4.78 is 0. The number of nitrogens with one attached hydrogen (secondary N) is 1. The molecule has 0 aliphatic carbocycles. The van der Waals surface area contributed by atoms with E-state index >= 15 is 0 Å². The van der Waals surface area contributed by atoms with Gasteiger partial charge < -0.3 is 11.1 Å². The molecule has 2 aromatic heterocycles. The van der Waals surface area contributed by atoms with Crippen LogP contribution in [0.5, 0.6) is 0 Å². The Labute approximate surface area is 111 Å². The van der Waals surface area contributed by atoms with Gasteiger partial charge in [0.25, 0.3) is 5.91 Å². The van der Waals surface area contributed by atoms with Crippen molar-refractivity contribution in [1.29, 1.82) is 0 Å². The average molecular weight is 265 g/mol. The molecule has 0 fully saturated rings. The van der Waals surface area contributed by atoms with E-state index in [1.165, 1.54) is 0 Å². The van der Waals surface area contributed by atoms with Gasteiger partial charge in [-0.2, -0.15) is 0 Å². The van der Waals surface area contributed by atoms with Gasteiger partial charge in [-0.25, -0.2) is 4.98 Å². The predicted molar refractivity (Wildman–Crippen MR) is 71.6 cm³/mol. The molecule has 0 spiro atoms. The second kappa shape index (κ2) is 6.56. The first-order valence-corrected chi connectivity index (χ1v) is 5.15. The number of aromatic nitrogens is 2. The third-order valence-electron chi connectivity index (χ3n) is 2.28. The molecule has 0 aliphatic rings. The Bertz CT molecular complexity index is 518. The fourth-order valence-electron chi connectivity index (χ4n) is 1.43. The first-order valence-electron chi connectivity index (χ1n) is 5.15. The molecule has 2 rings (SSSR count). The summed E-state index contributed by atoms with van der Waals surface area (Å²) in [5, 5.41) is 3.07. The molecule has 0 unspecified atom stereocenters. The van der Waals surface area contributed by atoms with Crippen molar-refractivity contribution >= 4 is 24.1 Å². The molecule has 0 saturated heterocycles. The minimum absolute atomic E-state index is 0. The van der Waals surface area contributed by atoms with Gasteiger partial charge in [-0.05, 0) is 29.8 Å². The number of halogens is 1. The fourth-order valence-corrected chi connectivity index (χ4v) is 1.43. The van der Waals surface area contributed by atoms with E-state index in [0.29, 0.717) is 17.9 Å². The second-order valence-corrected chi connectivity index (χ2v) is 3.47. The third-order valence-corrected chi connectivity index (χ3v) is 2.28. The summed E-state index contributed by atoms with van der Waals surface area (Å²) in [5.41, 5.74) is 6.70. The molecule has 0 atom stereocenters. The van der Waals surface area contributed by atoms with Crippen molar-refractivity contribution in [2.45, 2.75) is 6.54 Å². The molecule has 0 aliphatic heterocycles. The number of carbonyl (C=O) groups excluding carboxylic acids is 1. The smallest absolute Gasteiger partial charge is 0.252 e. The number of nitrogens with zero attached hydrogens (tertiary/aromatic N) is 2. The van der Waals surface area contributed by atoms with Crippen LogP contribution in [0.2, 0.25) is 0 Å². The summed E-state index contributed by atoms with van der Waals surface area (Å²) in [7, 11) is 0. The maximum Gasteiger partial charge on any atom is 0.252 e. The number of primary amides is 1. The lowest BCUT2D eigenvalue weighted by molar-refractivity contribution is 0.100. The maximum atomic E-state index is 11.2. The van der Waals surface area contributed by atoms with Gasteiger partial charge in [0, 0.05) is 25.1 Å². The van der Waals surface area contributed by atoms with Gasteiger partial charge in [0.05, 0.1) is 5.56 Å². The highest BCUT2D eigenvalue weighted by Gasteiger charge is 2.07. The normalized spacial score (nSPS) is 9.33. The zero-order chi connectivity index (χ0) is 12.1. The van der Waals surface area contributed by atoms with Crippen LogP contribution in [0.15, 0.2) is 42.9 Å². The molecule has 2 aromatic rings. The van der Waals surface area contributed by atoms with E-state index in [4.69, 9.17) is 5.73 Å². The lowest BCUT2D eigenvalue weighted by Crippen LogP contribution is -2.15. The van der Waals surface area contributed by atoms with Crippen LogP contribution in [0.4, 0.5) is 5.82 Å². The highest BCUT2D eigenvalue weighted by atomic mass is 35.5. The van der Waals surface area contributed by atoms with Gasteiger partial charge in [-0.1, -0.05) is 0 Å². The van der Waals surface area contributed by atoms with Crippen LogP contribution < -0.4 is 11.1 Å². The van der Waals surface area contributed by atoms with Gasteiger partial charge >= 0.3 is 0 Å². The van der Waals surface area contributed by atoms with Crippen LogP contribution in [0.25, 0.3) is 0 Å². The van der Waals surface area contributed by atoms with E-state index in [0.717, 1.165) is 5.56 Å². The molecule has 6 heteroatoms. The molecule has 94 valence electrons. The average Bonchev–Trinajstić information content (AvgIpc) is 2.38. The number of anilines is 1. The quantitative estimate of drug-likeness (QED) is 0.879. The van der Waals surface area contributed by atoms with Crippen LogP contribution >= 0.6 is 12.4 Å². The summed E-state index contributed by atoms with van der Waals surface area (Å²) in [4.78, 5) is 19.2. The SMILES string of the molecule is Cl.NC(=O)c1cccnc1NCc1ccncc1. The van der Waals surface area contributed by atoms with E-state index in [-0.39, 0.29) is 12.4 Å². The molecule has 0 radical (unpaired) electrons. The zero-order valence-electron chi connectivity index (χ0n) is 9.54. The van der Waals surface area contributed by atoms with Crippen molar-refractivity contribution in [2.75, 3.05) is 5.32 Å². The van der Waals surface area contributed by atoms with Crippen LogP contribution in [-0.4, -0.2) is 15.9 Å². The van der Waals surface area contributed by atoms with Gasteiger partial charge in [-0.3, -0.25) is 9.78 Å². The first-order chi connectivity index (χ1) is 8.27. The lowest BCUT2D eigenvalue weighted by Gasteiger charge is -2.08. The largest absolute Gasteiger partial charge is 0.365 e.